The zero-order valence-electron chi connectivity index (χ0n) is 9.43. The second kappa shape index (κ2) is 4.14. The fourth-order valence-corrected chi connectivity index (χ4v) is 2.28. The van der Waals surface area contributed by atoms with E-state index in [0.717, 1.165) is 21.6 Å². The molecule has 0 unspecified atom stereocenters. The minimum atomic E-state index is 0.568. The smallest absolute Gasteiger partial charge is 0.165 e. The standard InChI is InChI=1S/C12H12BrN3O/c1-17-9-4-5-11(13)10(6-9)12-15-14-7-16(12)8-2-3-8/h4-8H,2-3H2,1H3. The van der Waals surface area contributed by atoms with Gasteiger partial charge in [0.15, 0.2) is 5.82 Å². The molecule has 1 heterocycles. The summed E-state index contributed by atoms with van der Waals surface area (Å²) in [7, 11) is 1.67. The largest absolute Gasteiger partial charge is 0.497 e. The Kier molecular flexibility index (Phi) is 2.63. The van der Waals surface area contributed by atoms with Crippen molar-refractivity contribution in [3.8, 4) is 17.1 Å². The second-order valence-electron chi connectivity index (χ2n) is 4.14. The lowest BCUT2D eigenvalue weighted by molar-refractivity contribution is 0.415. The number of hydrogen-bond acceptors (Lipinski definition) is 3. The van der Waals surface area contributed by atoms with E-state index >= 15 is 0 Å². The van der Waals surface area contributed by atoms with E-state index in [4.69, 9.17) is 4.74 Å². The molecule has 88 valence electrons. The average molecular weight is 294 g/mol. The van der Waals surface area contributed by atoms with Crippen molar-refractivity contribution in [1.29, 1.82) is 0 Å². The summed E-state index contributed by atoms with van der Waals surface area (Å²) in [6.07, 6.45) is 4.23. The van der Waals surface area contributed by atoms with Gasteiger partial charge in [-0.15, -0.1) is 10.2 Å². The lowest BCUT2D eigenvalue weighted by atomic mass is 10.2. The van der Waals surface area contributed by atoms with E-state index in [2.05, 4.69) is 30.7 Å². The first-order valence-corrected chi connectivity index (χ1v) is 6.32. The first-order valence-electron chi connectivity index (χ1n) is 5.53. The highest BCUT2D eigenvalue weighted by molar-refractivity contribution is 9.10. The Balaban J connectivity index is 2.10. The van der Waals surface area contributed by atoms with Crippen LogP contribution in [0.3, 0.4) is 0 Å². The van der Waals surface area contributed by atoms with Crippen LogP contribution in [-0.4, -0.2) is 21.9 Å². The van der Waals surface area contributed by atoms with Crippen molar-refractivity contribution >= 4 is 15.9 Å². The fraction of sp³-hybridized carbons (Fsp3) is 0.333. The molecule has 0 amide bonds. The highest BCUT2D eigenvalue weighted by Crippen LogP contribution is 2.39. The van der Waals surface area contributed by atoms with Crippen LogP contribution in [0, 0.1) is 0 Å². The normalized spacial score (nSPS) is 14.9. The summed E-state index contributed by atoms with van der Waals surface area (Å²) in [5, 5.41) is 8.22. The summed E-state index contributed by atoms with van der Waals surface area (Å²) >= 11 is 3.55. The van der Waals surface area contributed by atoms with Crippen LogP contribution < -0.4 is 4.74 Å². The number of methoxy groups -OCH3 is 1. The Hall–Kier alpha value is -1.36. The third-order valence-electron chi connectivity index (χ3n) is 2.93. The zero-order chi connectivity index (χ0) is 11.8. The van der Waals surface area contributed by atoms with Gasteiger partial charge in [-0.05, 0) is 31.0 Å². The van der Waals surface area contributed by atoms with Gasteiger partial charge in [-0.25, -0.2) is 0 Å². The van der Waals surface area contributed by atoms with Crippen molar-refractivity contribution < 1.29 is 4.74 Å². The molecule has 17 heavy (non-hydrogen) atoms. The van der Waals surface area contributed by atoms with Gasteiger partial charge in [-0.3, -0.25) is 0 Å². The highest BCUT2D eigenvalue weighted by atomic mass is 79.9. The van der Waals surface area contributed by atoms with Crippen molar-refractivity contribution in [1.82, 2.24) is 14.8 Å². The van der Waals surface area contributed by atoms with Gasteiger partial charge in [0.25, 0.3) is 0 Å². The predicted octanol–water partition coefficient (Wildman–Crippen LogP) is 3.05. The Bertz CT molecular complexity index is 548. The maximum Gasteiger partial charge on any atom is 0.165 e. The van der Waals surface area contributed by atoms with Gasteiger partial charge in [0, 0.05) is 16.1 Å². The van der Waals surface area contributed by atoms with Crippen LogP contribution in [-0.2, 0) is 0 Å². The summed E-state index contributed by atoms with van der Waals surface area (Å²) in [6, 6.07) is 6.44. The molecule has 0 bridgehead atoms. The summed E-state index contributed by atoms with van der Waals surface area (Å²) in [5.41, 5.74) is 1.02. The van der Waals surface area contributed by atoms with Crippen LogP contribution in [0.5, 0.6) is 5.75 Å². The van der Waals surface area contributed by atoms with Gasteiger partial charge in [0.05, 0.1) is 7.11 Å². The first kappa shape index (κ1) is 10.8. The number of rotatable bonds is 3. The molecule has 0 radical (unpaired) electrons. The Morgan fingerprint density at radius 3 is 2.94 bits per heavy atom. The zero-order valence-corrected chi connectivity index (χ0v) is 11.0. The minimum Gasteiger partial charge on any atom is -0.497 e. The second-order valence-corrected chi connectivity index (χ2v) is 4.99. The Labute approximate surface area is 108 Å². The van der Waals surface area contributed by atoms with Crippen molar-refractivity contribution in [2.75, 3.05) is 7.11 Å². The van der Waals surface area contributed by atoms with Crippen LogP contribution in [0.25, 0.3) is 11.4 Å². The first-order chi connectivity index (χ1) is 8.29. The molecule has 1 saturated carbocycles. The monoisotopic (exact) mass is 293 g/mol. The van der Waals surface area contributed by atoms with Gasteiger partial charge in [0.1, 0.15) is 12.1 Å². The molecule has 3 rings (SSSR count). The van der Waals surface area contributed by atoms with Crippen molar-refractivity contribution in [2.45, 2.75) is 18.9 Å². The number of halogens is 1. The van der Waals surface area contributed by atoms with Crippen LogP contribution in [0.4, 0.5) is 0 Å². The van der Waals surface area contributed by atoms with Gasteiger partial charge >= 0.3 is 0 Å². The van der Waals surface area contributed by atoms with Crippen molar-refractivity contribution in [2.24, 2.45) is 0 Å². The highest BCUT2D eigenvalue weighted by Gasteiger charge is 2.27. The number of aromatic nitrogens is 3. The molecule has 1 aromatic heterocycles. The fourth-order valence-electron chi connectivity index (χ4n) is 1.86. The van der Waals surface area contributed by atoms with Crippen LogP contribution in [0.2, 0.25) is 0 Å². The van der Waals surface area contributed by atoms with Gasteiger partial charge < -0.3 is 9.30 Å². The Morgan fingerprint density at radius 2 is 2.24 bits per heavy atom. The lowest BCUT2D eigenvalue weighted by Crippen LogP contribution is -1.97. The van der Waals surface area contributed by atoms with Gasteiger partial charge in [-0.1, -0.05) is 15.9 Å². The summed E-state index contributed by atoms with van der Waals surface area (Å²) in [5.74, 6) is 1.73. The molecule has 0 saturated heterocycles. The molecule has 1 fully saturated rings. The van der Waals surface area contributed by atoms with E-state index in [1.807, 2.05) is 18.2 Å². The molecule has 0 aliphatic heterocycles. The lowest BCUT2D eigenvalue weighted by Gasteiger charge is -2.08. The van der Waals surface area contributed by atoms with Crippen molar-refractivity contribution in [3.63, 3.8) is 0 Å². The Morgan fingerprint density at radius 1 is 1.41 bits per heavy atom. The molecular weight excluding hydrogens is 282 g/mol. The summed E-state index contributed by atoms with van der Waals surface area (Å²) < 4.78 is 8.39. The van der Waals surface area contributed by atoms with Crippen LogP contribution >= 0.6 is 15.9 Å². The van der Waals surface area contributed by atoms with Gasteiger partial charge in [0.2, 0.25) is 0 Å². The van der Waals surface area contributed by atoms with E-state index in [0.29, 0.717) is 6.04 Å². The number of benzene rings is 1. The summed E-state index contributed by atoms with van der Waals surface area (Å²) in [4.78, 5) is 0. The molecule has 0 atom stereocenters. The number of nitrogens with zero attached hydrogens (tertiary/aromatic N) is 3. The van der Waals surface area contributed by atoms with Crippen LogP contribution in [0.15, 0.2) is 29.0 Å². The molecule has 4 nitrogen and oxygen atoms in total. The van der Waals surface area contributed by atoms with E-state index in [1.165, 1.54) is 12.8 Å². The molecule has 5 heteroatoms. The number of ether oxygens (including phenoxy) is 1. The van der Waals surface area contributed by atoms with Crippen molar-refractivity contribution in [3.05, 3.63) is 29.0 Å². The van der Waals surface area contributed by atoms with Gasteiger partial charge in [-0.2, -0.15) is 0 Å². The quantitative estimate of drug-likeness (QED) is 0.873. The summed E-state index contributed by atoms with van der Waals surface area (Å²) in [6.45, 7) is 0. The molecule has 1 aliphatic carbocycles. The van der Waals surface area contributed by atoms with Crippen LogP contribution in [0.1, 0.15) is 18.9 Å². The molecule has 0 spiro atoms. The maximum absolute atomic E-state index is 5.25. The molecule has 1 aromatic carbocycles. The van der Waals surface area contributed by atoms with E-state index in [-0.39, 0.29) is 0 Å². The van der Waals surface area contributed by atoms with E-state index in [9.17, 15) is 0 Å². The SMILES string of the molecule is COc1ccc(Br)c(-c2nncn2C2CC2)c1. The molecule has 0 N–H and O–H groups in total. The topological polar surface area (TPSA) is 39.9 Å². The third kappa shape index (κ3) is 1.95. The van der Waals surface area contributed by atoms with E-state index in [1.54, 1.807) is 13.4 Å². The average Bonchev–Trinajstić information content (AvgIpc) is 3.08. The maximum atomic E-state index is 5.25. The van der Waals surface area contributed by atoms with E-state index < -0.39 is 0 Å². The molecule has 2 aromatic rings. The minimum absolute atomic E-state index is 0.568. The number of hydrogen-bond donors (Lipinski definition) is 0. The molecule has 1 aliphatic rings. The predicted molar refractivity (Wildman–Crippen MR) is 68.0 cm³/mol. The molecular formula is C12H12BrN3O. The third-order valence-corrected chi connectivity index (χ3v) is 3.62.